The van der Waals surface area contributed by atoms with Crippen LogP contribution in [0.25, 0.3) is 5.69 Å². The van der Waals surface area contributed by atoms with Gasteiger partial charge >= 0.3 is 6.03 Å². The fraction of sp³-hybridized carbons (Fsp3) is 0.333. The molecule has 10 heteroatoms. The Morgan fingerprint density at radius 3 is 2.61 bits per heavy atom. The van der Waals surface area contributed by atoms with E-state index in [1.807, 2.05) is 52.4 Å². The van der Waals surface area contributed by atoms with Crippen molar-refractivity contribution < 1.29 is 9.59 Å². The maximum Gasteiger partial charge on any atom is 0.321 e. The summed E-state index contributed by atoms with van der Waals surface area (Å²) in [5.74, 6) is 0.545. The van der Waals surface area contributed by atoms with E-state index in [0.29, 0.717) is 11.7 Å². The van der Waals surface area contributed by atoms with Crippen molar-refractivity contribution in [2.24, 2.45) is 0 Å². The number of thioether (sulfide) groups is 1. The Kier molecular flexibility index (Phi) is 7.34. The zero-order valence-electron chi connectivity index (χ0n) is 17.0. The minimum Gasteiger partial charge on any atom is -0.333 e. The van der Waals surface area contributed by atoms with Crippen molar-refractivity contribution in [3.05, 3.63) is 58.5 Å². The van der Waals surface area contributed by atoms with Gasteiger partial charge in [-0.3, -0.25) is 19.6 Å². The molecule has 162 valence electrons. The van der Waals surface area contributed by atoms with Crippen molar-refractivity contribution in [2.75, 3.05) is 18.8 Å². The molecule has 0 bridgehead atoms. The molecule has 0 atom stereocenters. The predicted octanol–water partition coefficient (Wildman–Crippen LogP) is 3.04. The highest BCUT2D eigenvalue weighted by molar-refractivity contribution is 7.99. The second kappa shape index (κ2) is 10.6. The minimum absolute atomic E-state index is 0.0705. The first-order valence-corrected chi connectivity index (χ1v) is 12.0. The molecule has 1 aromatic carbocycles. The average Bonchev–Trinajstić information content (AvgIpc) is 3.54. The number of nitrogens with one attached hydrogen (secondary N) is 2. The predicted molar refractivity (Wildman–Crippen MR) is 121 cm³/mol. The van der Waals surface area contributed by atoms with Crippen molar-refractivity contribution in [1.29, 1.82) is 0 Å². The van der Waals surface area contributed by atoms with Crippen molar-refractivity contribution in [2.45, 2.75) is 31.1 Å². The van der Waals surface area contributed by atoms with Gasteiger partial charge in [-0.05, 0) is 49.5 Å². The van der Waals surface area contributed by atoms with E-state index in [1.165, 1.54) is 24.6 Å². The summed E-state index contributed by atoms with van der Waals surface area (Å²) in [5.41, 5.74) is 0.957. The molecule has 3 heterocycles. The molecule has 31 heavy (non-hydrogen) atoms. The van der Waals surface area contributed by atoms with Gasteiger partial charge in [0.2, 0.25) is 5.91 Å². The van der Waals surface area contributed by atoms with E-state index in [9.17, 15) is 9.59 Å². The monoisotopic (exact) mass is 456 g/mol. The van der Waals surface area contributed by atoms with E-state index >= 15 is 0 Å². The van der Waals surface area contributed by atoms with Gasteiger partial charge in [-0.1, -0.05) is 36.0 Å². The topological polar surface area (TPSA) is 92.2 Å². The number of rotatable bonds is 8. The third-order valence-electron chi connectivity index (χ3n) is 4.87. The van der Waals surface area contributed by atoms with Gasteiger partial charge in [0, 0.05) is 10.6 Å². The second-order valence-electron chi connectivity index (χ2n) is 7.15. The summed E-state index contributed by atoms with van der Waals surface area (Å²) in [6.45, 7) is 3.24. The Balaban J connectivity index is 1.37. The number of carbonyl (C=O) groups is 2. The van der Waals surface area contributed by atoms with Gasteiger partial charge in [-0.25, -0.2) is 4.79 Å². The van der Waals surface area contributed by atoms with E-state index in [0.717, 1.165) is 36.0 Å². The molecule has 0 unspecified atom stereocenters. The first kappa shape index (κ1) is 21.5. The molecule has 0 aliphatic carbocycles. The van der Waals surface area contributed by atoms with Crippen LogP contribution in [0.4, 0.5) is 4.79 Å². The molecule has 3 aromatic rings. The number of carbonyl (C=O) groups excluding carboxylic acids is 2. The SMILES string of the molecule is O=C(CSc1nnc(CN2CCCC2)n1-c1ccccc1)NC(=O)NCc1cccs1. The van der Waals surface area contributed by atoms with E-state index in [-0.39, 0.29) is 11.7 Å². The standard InChI is InChI=1S/C21H24N6O2S2/c28-19(23-20(29)22-13-17-9-6-12-30-17)15-31-21-25-24-18(14-26-10-4-5-11-26)27(21)16-7-2-1-3-8-16/h1-3,6-9,12H,4-5,10-11,13-15H2,(H2,22,23,28,29). The number of urea groups is 1. The Morgan fingerprint density at radius 1 is 1.06 bits per heavy atom. The average molecular weight is 457 g/mol. The normalized spacial score (nSPS) is 13.9. The van der Waals surface area contributed by atoms with Crippen molar-refractivity contribution >= 4 is 35.0 Å². The van der Waals surface area contributed by atoms with E-state index in [1.54, 1.807) is 11.3 Å². The highest BCUT2D eigenvalue weighted by atomic mass is 32.2. The zero-order valence-corrected chi connectivity index (χ0v) is 18.6. The Labute approximate surface area is 189 Å². The number of benzene rings is 1. The third kappa shape index (κ3) is 5.93. The maximum absolute atomic E-state index is 12.3. The molecule has 1 aliphatic heterocycles. The van der Waals surface area contributed by atoms with Crippen LogP contribution in [0, 0.1) is 0 Å². The molecule has 1 saturated heterocycles. The lowest BCUT2D eigenvalue weighted by atomic mass is 10.3. The van der Waals surface area contributed by atoms with Gasteiger partial charge in [-0.2, -0.15) is 0 Å². The third-order valence-corrected chi connectivity index (χ3v) is 6.67. The molecule has 0 radical (unpaired) electrons. The summed E-state index contributed by atoms with van der Waals surface area (Å²) in [6, 6.07) is 13.2. The molecule has 1 aliphatic rings. The van der Waals surface area contributed by atoms with Gasteiger partial charge in [-0.15, -0.1) is 21.5 Å². The van der Waals surface area contributed by atoms with E-state index < -0.39 is 6.03 Å². The Morgan fingerprint density at radius 2 is 1.87 bits per heavy atom. The largest absolute Gasteiger partial charge is 0.333 e. The molecule has 0 saturated carbocycles. The Hall–Kier alpha value is -2.69. The molecule has 8 nitrogen and oxygen atoms in total. The summed E-state index contributed by atoms with van der Waals surface area (Å²) in [6.07, 6.45) is 2.41. The molecule has 0 spiro atoms. The summed E-state index contributed by atoms with van der Waals surface area (Å²) in [7, 11) is 0. The maximum atomic E-state index is 12.3. The van der Waals surface area contributed by atoms with Crippen LogP contribution < -0.4 is 10.6 Å². The lowest BCUT2D eigenvalue weighted by Crippen LogP contribution is -2.39. The Bertz CT molecular complexity index is 1000. The fourth-order valence-corrected chi connectivity index (χ4v) is 4.81. The molecule has 3 amide bonds. The van der Waals surface area contributed by atoms with Crippen LogP contribution in [0.1, 0.15) is 23.5 Å². The van der Waals surface area contributed by atoms with Crippen molar-refractivity contribution in [3.8, 4) is 5.69 Å². The number of aromatic nitrogens is 3. The number of likely N-dealkylation sites (tertiary alicyclic amines) is 1. The quantitative estimate of drug-likeness (QED) is 0.506. The minimum atomic E-state index is -0.502. The zero-order chi connectivity index (χ0) is 21.5. The highest BCUT2D eigenvalue weighted by Gasteiger charge is 2.20. The number of para-hydroxylation sites is 1. The number of amides is 3. The number of hydrogen-bond acceptors (Lipinski definition) is 7. The van der Waals surface area contributed by atoms with Gasteiger partial charge in [0.25, 0.3) is 0 Å². The number of imide groups is 1. The van der Waals surface area contributed by atoms with Crippen LogP contribution in [-0.2, 0) is 17.9 Å². The van der Waals surface area contributed by atoms with Crippen LogP contribution >= 0.6 is 23.1 Å². The molecular weight excluding hydrogens is 432 g/mol. The van der Waals surface area contributed by atoms with E-state index in [4.69, 9.17) is 0 Å². The van der Waals surface area contributed by atoms with Crippen LogP contribution in [0.3, 0.4) is 0 Å². The van der Waals surface area contributed by atoms with Gasteiger partial charge in [0.1, 0.15) is 0 Å². The lowest BCUT2D eigenvalue weighted by Gasteiger charge is -2.15. The summed E-state index contributed by atoms with van der Waals surface area (Å²) >= 11 is 2.82. The number of nitrogens with zero attached hydrogens (tertiary/aromatic N) is 4. The number of hydrogen-bond donors (Lipinski definition) is 2. The molecule has 2 N–H and O–H groups in total. The van der Waals surface area contributed by atoms with Crippen LogP contribution in [0.5, 0.6) is 0 Å². The first-order chi connectivity index (χ1) is 15.2. The van der Waals surface area contributed by atoms with E-state index in [2.05, 4.69) is 25.7 Å². The van der Waals surface area contributed by atoms with Gasteiger partial charge < -0.3 is 5.32 Å². The van der Waals surface area contributed by atoms with Crippen LogP contribution in [0.2, 0.25) is 0 Å². The molecule has 4 rings (SSSR count). The van der Waals surface area contributed by atoms with Crippen LogP contribution in [-0.4, -0.2) is 50.4 Å². The fourth-order valence-electron chi connectivity index (χ4n) is 3.39. The van der Waals surface area contributed by atoms with Crippen LogP contribution in [0.15, 0.2) is 53.0 Å². The lowest BCUT2D eigenvalue weighted by molar-refractivity contribution is -0.117. The first-order valence-electron chi connectivity index (χ1n) is 10.1. The number of thiophene rings is 1. The molecule has 1 fully saturated rings. The molecule has 2 aromatic heterocycles. The van der Waals surface area contributed by atoms with Crippen molar-refractivity contribution in [1.82, 2.24) is 30.3 Å². The smallest absolute Gasteiger partial charge is 0.321 e. The highest BCUT2D eigenvalue weighted by Crippen LogP contribution is 2.23. The van der Waals surface area contributed by atoms with Gasteiger partial charge in [0.05, 0.1) is 18.8 Å². The summed E-state index contributed by atoms with van der Waals surface area (Å²) < 4.78 is 1.99. The van der Waals surface area contributed by atoms with Gasteiger partial charge in [0.15, 0.2) is 11.0 Å². The summed E-state index contributed by atoms with van der Waals surface area (Å²) in [5, 5.41) is 16.3. The second-order valence-corrected chi connectivity index (χ2v) is 9.13. The molecular formula is C21H24N6O2S2. The summed E-state index contributed by atoms with van der Waals surface area (Å²) in [4.78, 5) is 27.6. The van der Waals surface area contributed by atoms with Crippen molar-refractivity contribution in [3.63, 3.8) is 0 Å².